The van der Waals surface area contributed by atoms with Crippen LogP contribution in [-0.4, -0.2) is 163 Å². The predicted octanol–water partition coefficient (Wildman–Crippen LogP) is 9.08. The maximum absolute atomic E-state index is 15.9. The highest BCUT2D eigenvalue weighted by Crippen LogP contribution is 2.36. The molecule has 11 rings (SSSR count). The second kappa shape index (κ2) is 42.2. The Morgan fingerprint density at radius 3 is 1.17 bits per heavy atom. The van der Waals surface area contributed by atoms with E-state index < -0.39 is 135 Å². The van der Waals surface area contributed by atoms with Crippen molar-refractivity contribution in [3.8, 4) is 0 Å². The Hall–Kier alpha value is -10.8. The molecule has 6 amide bonds. The molecule has 8 aromatic rings. The van der Waals surface area contributed by atoms with Gasteiger partial charge in [-0.3, -0.25) is 4.79 Å². The first kappa shape index (κ1) is 80.2. The molecule has 15 atom stereocenters. The van der Waals surface area contributed by atoms with Gasteiger partial charge in [0.15, 0.2) is 12.6 Å². The molecule has 3 fully saturated rings. The molecule has 9 N–H and O–H groups in total. The summed E-state index contributed by atoms with van der Waals surface area (Å²) >= 11 is 0. The van der Waals surface area contributed by atoms with Gasteiger partial charge in [-0.2, -0.15) is 0 Å². The molecule has 0 radical (unpaired) electrons. The van der Waals surface area contributed by atoms with Crippen LogP contribution in [-0.2, 0) is 114 Å². The third kappa shape index (κ3) is 24.6. The minimum atomic E-state index is -2.14. The number of hydrogen-bond acceptors (Lipinski definition) is 21. The Morgan fingerprint density at radius 1 is 0.373 bits per heavy atom. The number of benzene rings is 8. The van der Waals surface area contributed by atoms with E-state index in [0.29, 0.717) is 33.4 Å². The van der Waals surface area contributed by atoms with Crippen molar-refractivity contribution >= 4 is 36.4 Å². The molecule has 8 aromatic carbocycles. The van der Waals surface area contributed by atoms with Gasteiger partial charge in [0.25, 0.3) is 0 Å². The van der Waals surface area contributed by atoms with E-state index in [0.717, 1.165) is 11.1 Å². The van der Waals surface area contributed by atoms with Gasteiger partial charge < -0.3 is 104 Å². The van der Waals surface area contributed by atoms with Gasteiger partial charge in [0.2, 0.25) is 5.91 Å². The van der Waals surface area contributed by atoms with Gasteiger partial charge in [0.1, 0.15) is 81.9 Å². The maximum atomic E-state index is 15.9. The number of aliphatic hydroxyl groups excluding tert-OH is 3. The molecule has 27 heteroatoms. The number of amides is 6. The molecule has 27 nitrogen and oxygen atoms in total. The van der Waals surface area contributed by atoms with E-state index in [2.05, 4.69) is 31.9 Å². The minimum Gasteiger partial charge on any atom is -0.445 e. The lowest BCUT2D eigenvalue weighted by Crippen LogP contribution is -2.75. The summed E-state index contributed by atoms with van der Waals surface area (Å²) in [5.74, 6) is -0.860. The van der Waals surface area contributed by atoms with Gasteiger partial charge in [0, 0.05) is 19.5 Å². The van der Waals surface area contributed by atoms with Crippen molar-refractivity contribution in [2.45, 2.75) is 164 Å². The molecule has 6 unspecified atom stereocenters. The van der Waals surface area contributed by atoms with Crippen LogP contribution >= 0.6 is 0 Å². The van der Waals surface area contributed by atoms with Gasteiger partial charge >= 0.3 is 30.5 Å². The highest BCUT2D eigenvalue weighted by atomic mass is 16.7. The number of aliphatic hydroxyl groups is 3. The number of rotatable bonds is 34. The average molecular weight is 1510 g/mol. The molecule has 580 valence electrons. The molecule has 0 spiro atoms. The normalized spacial score (nSPS) is 23.2. The first-order chi connectivity index (χ1) is 53.8. The van der Waals surface area contributed by atoms with Gasteiger partial charge in [-0.15, -0.1) is 0 Å². The number of nitrogens with one attached hydrogen (secondary N) is 6. The van der Waals surface area contributed by atoms with E-state index in [9.17, 15) is 39.3 Å². The summed E-state index contributed by atoms with van der Waals surface area (Å²) in [4.78, 5) is 85.9. The van der Waals surface area contributed by atoms with Crippen molar-refractivity contribution in [3.63, 3.8) is 0 Å². The first-order valence-corrected chi connectivity index (χ1v) is 36.5. The smallest absolute Gasteiger partial charge is 0.407 e. The van der Waals surface area contributed by atoms with Crippen molar-refractivity contribution in [1.29, 1.82) is 0 Å². The number of ether oxygens (including phenoxy) is 12. The molecule has 2 heterocycles. The molecule has 1 saturated carbocycles. The fourth-order valence-electron chi connectivity index (χ4n) is 12.8. The standard InChI is InChI=1S/C83H92N6O21/c90-46-66-70(91)67(88-82(97)105-53-61-37-21-7-22-38-61)75(101-49-57-29-13-3-14-30-57)78(108-66)110-73-68(87-76(93)65(99-47-55-25-9-1-10-26-55)43-44-84-79(94)102-50-58-31-15-4-16-32-58)72(100-48-56-27-11-2-12-28-56)69(89-83(98)106-54-62-39-23-8-24-40-62)74(71(73)92)109-77-64(86-81(96)104-52-60-35-19-6-20-36-60)42-41-63(107-77)45-85-80(95)103-51-59-33-17-5-18-34-59/h1-40,63-75,77-78,90-92H,41-54H2,(H,84,94)(H,85,95)(H,86,96)(H,87,93)(H,88,97)(H,89,98)/t63-,64?,65+,66?,67-,68+,69-,70-,71?,72?,73+,74?,75?,77-,78-/m0/s1. The van der Waals surface area contributed by atoms with E-state index in [1.54, 1.807) is 206 Å². The molecule has 0 aromatic heterocycles. The van der Waals surface area contributed by atoms with Crippen LogP contribution in [0.1, 0.15) is 63.8 Å². The Balaban J connectivity index is 1.00. The van der Waals surface area contributed by atoms with Crippen molar-refractivity contribution in [2.75, 3.05) is 19.7 Å². The highest BCUT2D eigenvalue weighted by molar-refractivity contribution is 5.81. The Bertz CT molecular complexity index is 4080. The summed E-state index contributed by atoms with van der Waals surface area (Å²) in [7, 11) is 0. The van der Waals surface area contributed by atoms with Crippen LogP contribution in [0.5, 0.6) is 0 Å². The predicted molar refractivity (Wildman–Crippen MR) is 397 cm³/mol. The summed E-state index contributed by atoms with van der Waals surface area (Å²) < 4.78 is 76.4. The Morgan fingerprint density at radius 2 is 0.736 bits per heavy atom. The quantitative estimate of drug-likeness (QED) is 0.0170. The van der Waals surface area contributed by atoms with Crippen LogP contribution in [0, 0.1) is 0 Å². The molecule has 2 saturated heterocycles. The second-order valence-electron chi connectivity index (χ2n) is 26.5. The van der Waals surface area contributed by atoms with Crippen LogP contribution in [0.4, 0.5) is 24.0 Å². The van der Waals surface area contributed by atoms with Crippen LogP contribution in [0.25, 0.3) is 0 Å². The largest absolute Gasteiger partial charge is 0.445 e. The number of hydrogen-bond donors (Lipinski definition) is 9. The summed E-state index contributed by atoms with van der Waals surface area (Å²) in [5, 5.41) is 54.5. The second-order valence-corrected chi connectivity index (χ2v) is 26.5. The van der Waals surface area contributed by atoms with Crippen LogP contribution in [0.2, 0.25) is 0 Å². The van der Waals surface area contributed by atoms with Crippen LogP contribution < -0.4 is 31.9 Å². The molecule has 3 aliphatic rings. The molecule has 110 heavy (non-hydrogen) atoms. The zero-order valence-corrected chi connectivity index (χ0v) is 60.3. The monoisotopic (exact) mass is 1510 g/mol. The van der Waals surface area contributed by atoms with E-state index in [1.807, 2.05) is 36.4 Å². The van der Waals surface area contributed by atoms with Gasteiger partial charge in [-0.1, -0.05) is 243 Å². The fraction of sp³-hybridized carbons (Fsp3) is 0.349. The Labute approximate surface area is 637 Å². The van der Waals surface area contributed by atoms with Crippen LogP contribution in [0.3, 0.4) is 0 Å². The van der Waals surface area contributed by atoms with Crippen molar-refractivity contribution in [1.82, 2.24) is 31.9 Å². The van der Waals surface area contributed by atoms with Gasteiger partial charge in [-0.05, 0) is 57.3 Å². The minimum absolute atomic E-state index is 0.0446. The van der Waals surface area contributed by atoms with Gasteiger partial charge in [-0.25, -0.2) is 24.0 Å². The lowest BCUT2D eigenvalue weighted by Gasteiger charge is -2.52. The lowest BCUT2D eigenvalue weighted by atomic mass is 9.80. The highest BCUT2D eigenvalue weighted by Gasteiger charge is 2.58. The molecular weight excluding hydrogens is 1420 g/mol. The summed E-state index contributed by atoms with van der Waals surface area (Å²) in [6, 6.07) is 65.4. The van der Waals surface area contributed by atoms with E-state index >= 15 is 4.79 Å². The molecular formula is C83H92N6O21. The molecule has 2 aliphatic heterocycles. The van der Waals surface area contributed by atoms with Crippen molar-refractivity contribution in [2.24, 2.45) is 0 Å². The number of carbonyl (C=O) groups excluding carboxylic acids is 6. The summed E-state index contributed by atoms with van der Waals surface area (Å²) in [6.07, 6.45) is -22.7. The summed E-state index contributed by atoms with van der Waals surface area (Å²) in [5.41, 5.74) is 5.26. The third-order valence-electron chi connectivity index (χ3n) is 18.5. The van der Waals surface area contributed by atoms with E-state index in [1.165, 1.54) is 0 Å². The lowest BCUT2D eigenvalue weighted by molar-refractivity contribution is -0.329. The molecule has 0 bridgehead atoms. The van der Waals surface area contributed by atoms with E-state index in [4.69, 9.17) is 56.8 Å². The van der Waals surface area contributed by atoms with Crippen LogP contribution in [0.15, 0.2) is 243 Å². The van der Waals surface area contributed by atoms with Gasteiger partial charge in [0.05, 0.1) is 56.7 Å². The zero-order valence-electron chi connectivity index (χ0n) is 60.3. The topological polar surface area (TPSA) is 346 Å². The number of alkyl carbamates (subject to hydrolysis) is 5. The first-order valence-electron chi connectivity index (χ1n) is 36.5. The van der Waals surface area contributed by atoms with Crippen molar-refractivity contribution in [3.05, 3.63) is 287 Å². The fourth-order valence-corrected chi connectivity index (χ4v) is 12.8. The van der Waals surface area contributed by atoms with Crippen molar-refractivity contribution < 1.29 is 101 Å². The molecule has 1 aliphatic carbocycles. The average Bonchev–Trinajstić information content (AvgIpc) is 0.753. The third-order valence-corrected chi connectivity index (χ3v) is 18.5. The van der Waals surface area contributed by atoms with E-state index in [-0.39, 0.29) is 85.2 Å². The summed E-state index contributed by atoms with van der Waals surface area (Å²) in [6.45, 7) is -2.51. The SMILES string of the molecule is O=C(NCC[C@@H](OCc1ccccc1)C(=O)N[C@@H]1C(OCc2ccccc2)[C@H](NC(=O)OCc2ccccc2)C(O[C@@H]2O[C@H](CNC(=O)OCc3ccccc3)CCC2NC(=O)OCc2ccccc2)C(O)[C@@H]1O[C@@H]1OC(CO)[C@H](O)[C@H](NC(=O)OCc2ccccc2)C1OCc1ccccc1)OCc1ccccc1. The zero-order chi connectivity index (χ0) is 76.7. The Kier molecular flexibility index (Phi) is 30.8. The maximum Gasteiger partial charge on any atom is 0.407 e. The number of carbonyl (C=O) groups is 6.